The predicted octanol–water partition coefficient (Wildman–Crippen LogP) is 2.94. The van der Waals surface area contributed by atoms with Crippen LogP contribution < -0.4 is 5.43 Å². The standard InChI is InChI=1S/C15H12ClN3O3/c16-14-4-2-1-3-12(14)10-17-18-15(20)9-11-5-7-13(8-6-11)19(21)22/h1-8,10H,9H2,(H,18,20). The van der Waals surface area contributed by atoms with Gasteiger partial charge in [-0.05, 0) is 11.6 Å². The molecule has 7 heteroatoms. The van der Waals surface area contributed by atoms with E-state index >= 15 is 0 Å². The second-order valence-corrected chi connectivity index (χ2v) is 4.82. The summed E-state index contributed by atoms with van der Waals surface area (Å²) in [6, 6.07) is 12.9. The van der Waals surface area contributed by atoms with Crippen LogP contribution in [0.5, 0.6) is 0 Å². The summed E-state index contributed by atoms with van der Waals surface area (Å²) in [5.74, 6) is -0.322. The molecule has 22 heavy (non-hydrogen) atoms. The van der Waals surface area contributed by atoms with Crippen molar-refractivity contribution < 1.29 is 9.72 Å². The summed E-state index contributed by atoms with van der Waals surface area (Å²) in [4.78, 5) is 21.8. The molecule has 0 aliphatic rings. The van der Waals surface area contributed by atoms with Gasteiger partial charge in [-0.3, -0.25) is 14.9 Å². The fourth-order valence-electron chi connectivity index (χ4n) is 1.71. The summed E-state index contributed by atoms with van der Waals surface area (Å²) >= 11 is 5.95. The maximum absolute atomic E-state index is 11.7. The highest BCUT2D eigenvalue weighted by Crippen LogP contribution is 2.13. The van der Waals surface area contributed by atoms with E-state index in [-0.39, 0.29) is 18.0 Å². The Hall–Kier alpha value is -2.73. The van der Waals surface area contributed by atoms with E-state index in [0.29, 0.717) is 16.1 Å². The molecule has 0 spiro atoms. The van der Waals surface area contributed by atoms with E-state index in [1.54, 1.807) is 18.2 Å². The van der Waals surface area contributed by atoms with Crippen molar-refractivity contribution in [3.8, 4) is 0 Å². The Morgan fingerprint density at radius 2 is 1.91 bits per heavy atom. The average molecular weight is 318 g/mol. The topological polar surface area (TPSA) is 84.6 Å². The van der Waals surface area contributed by atoms with E-state index < -0.39 is 4.92 Å². The maximum Gasteiger partial charge on any atom is 0.269 e. The third-order valence-electron chi connectivity index (χ3n) is 2.81. The van der Waals surface area contributed by atoms with Gasteiger partial charge in [0, 0.05) is 22.7 Å². The molecule has 0 aromatic heterocycles. The minimum atomic E-state index is -0.488. The smallest absolute Gasteiger partial charge is 0.269 e. The summed E-state index contributed by atoms with van der Waals surface area (Å²) in [6.07, 6.45) is 1.54. The van der Waals surface area contributed by atoms with Gasteiger partial charge in [0.15, 0.2) is 0 Å². The molecule has 0 aliphatic heterocycles. The molecular weight excluding hydrogens is 306 g/mol. The average Bonchev–Trinajstić information content (AvgIpc) is 2.50. The molecule has 0 saturated heterocycles. The predicted molar refractivity (Wildman–Crippen MR) is 84.0 cm³/mol. The number of hydrazone groups is 1. The zero-order valence-electron chi connectivity index (χ0n) is 11.4. The van der Waals surface area contributed by atoms with Crippen molar-refractivity contribution in [2.24, 2.45) is 5.10 Å². The van der Waals surface area contributed by atoms with Gasteiger partial charge in [0.25, 0.3) is 5.69 Å². The van der Waals surface area contributed by atoms with Gasteiger partial charge >= 0.3 is 0 Å². The quantitative estimate of drug-likeness (QED) is 0.522. The van der Waals surface area contributed by atoms with Crippen molar-refractivity contribution in [2.75, 3.05) is 0 Å². The second kappa shape index (κ2) is 7.33. The summed E-state index contributed by atoms with van der Waals surface area (Å²) < 4.78 is 0. The molecule has 2 aromatic carbocycles. The lowest BCUT2D eigenvalue weighted by molar-refractivity contribution is -0.384. The number of nitro benzene ring substituents is 1. The highest BCUT2D eigenvalue weighted by atomic mass is 35.5. The number of carbonyl (C=O) groups is 1. The molecule has 0 heterocycles. The molecule has 0 unspecified atom stereocenters. The van der Waals surface area contributed by atoms with Crippen LogP contribution >= 0.6 is 11.6 Å². The van der Waals surface area contributed by atoms with Crippen LogP contribution in [0.25, 0.3) is 0 Å². The van der Waals surface area contributed by atoms with Gasteiger partial charge in [0.05, 0.1) is 17.6 Å². The highest BCUT2D eigenvalue weighted by molar-refractivity contribution is 6.33. The molecule has 2 aromatic rings. The summed E-state index contributed by atoms with van der Waals surface area (Å²) in [7, 11) is 0. The number of nitro groups is 1. The van der Waals surface area contributed by atoms with Crippen LogP contribution in [0.15, 0.2) is 53.6 Å². The van der Waals surface area contributed by atoms with E-state index in [1.165, 1.54) is 30.5 Å². The van der Waals surface area contributed by atoms with Gasteiger partial charge < -0.3 is 0 Å². The van der Waals surface area contributed by atoms with Crippen LogP contribution in [0, 0.1) is 10.1 Å². The first-order valence-corrected chi connectivity index (χ1v) is 6.74. The second-order valence-electron chi connectivity index (χ2n) is 4.42. The Labute approximate surface area is 131 Å². The maximum atomic E-state index is 11.7. The van der Waals surface area contributed by atoms with E-state index in [1.807, 2.05) is 6.07 Å². The van der Waals surface area contributed by atoms with Crippen molar-refractivity contribution in [1.29, 1.82) is 0 Å². The van der Waals surface area contributed by atoms with Gasteiger partial charge in [-0.25, -0.2) is 5.43 Å². The molecule has 6 nitrogen and oxygen atoms in total. The van der Waals surface area contributed by atoms with Crippen LogP contribution in [0.4, 0.5) is 5.69 Å². The number of nitrogens with one attached hydrogen (secondary N) is 1. The number of halogens is 1. The number of hydrogen-bond donors (Lipinski definition) is 1. The molecule has 1 N–H and O–H groups in total. The lowest BCUT2D eigenvalue weighted by Gasteiger charge is -2.01. The Morgan fingerprint density at radius 3 is 2.55 bits per heavy atom. The van der Waals surface area contributed by atoms with Gasteiger partial charge in [0.1, 0.15) is 0 Å². The highest BCUT2D eigenvalue weighted by Gasteiger charge is 2.06. The first-order chi connectivity index (χ1) is 10.6. The number of nitrogens with zero attached hydrogens (tertiary/aromatic N) is 2. The normalized spacial score (nSPS) is 10.6. The van der Waals surface area contributed by atoms with Gasteiger partial charge in [-0.2, -0.15) is 5.10 Å². The third-order valence-corrected chi connectivity index (χ3v) is 3.15. The number of benzene rings is 2. The lowest BCUT2D eigenvalue weighted by Crippen LogP contribution is -2.19. The minimum Gasteiger partial charge on any atom is -0.273 e. The number of non-ortho nitro benzene ring substituents is 1. The fraction of sp³-hybridized carbons (Fsp3) is 0.0667. The lowest BCUT2D eigenvalue weighted by atomic mass is 10.1. The first kappa shape index (κ1) is 15.7. The fourth-order valence-corrected chi connectivity index (χ4v) is 1.90. The molecule has 0 saturated carbocycles. The zero-order chi connectivity index (χ0) is 15.9. The molecular formula is C15H12ClN3O3. The summed E-state index contributed by atoms with van der Waals surface area (Å²) in [5.41, 5.74) is 3.73. The number of amides is 1. The Bertz CT molecular complexity index is 714. The Balaban J connectivity index is 1.90. The molecule has 1 amide bonds. The van der Waals surface area contributed by atoms with Crippen LogP contribution in [-0.4, -0.2) is 17.0 Å². The number of carbonyl (C=O) groups excluding carboxylic acids is 1. The molecule has 0 radical (unpaired) electrons. The van der Waals surface area contributed by atoms with E-state index in [2.05, 4.69) is 10.5 Å². The van der Waals surface area contributed by atoms with Crippen molar-refractivity contribution in [3.05, 3.63) is 74.8 Å². The van der Waals surface area contributed by atoms with Crippen molar-refractivity contribution in [2.45, 2.75) is 6.42 Å². The number of rotatable bonds is 5. The van der Waals surface area contributed by atoms with Crippen molar-refractivity contribution in [1.82, 2.24) is 5.43 Å². The minimum absolute atomic E-state index is 0.0131. The van der Waals surface area contributed by atoms with Gasteiger partial charge in [-0.1, -0.05) is 41.9 Å². The van der Waals surface area contributed by atoms with Crippen LogP contribution in [0.2, 0.25) is 5.02 Å². The van der Waals surface area contributed by atoms with Gasteiger partial charge in [0.2, 0.25) is 5.91 Å². The first-order valence-electron chi connectivity index (χ1n) is 6.36. The zero-order valence-corrected chi connectivity index (χ0v) is 12.2. The molecule has 0 fully saturated rings. The van der Waals surface area contributed by atoms with E-state index in [0.717, 1.165) is 0 Å². The van der Waals surface area contributed by atoms with Crippen LogP contribution in [0.1, 0.15) is 11.1 Å². The number of hydrogen-bond acceptors (Lipinski definition) is 4. The summed E-state index contributed by atoms with van der Waals surface area (Å²) in [5, 5.41) is 14.9. The summed E-state index contributed by atoms with van der Waals surface area (Å²) in [6.45, 7) is 0. The van der Waals surface area contributed by atoms with E-state index in [9.17, 15) is 14.9 Å². The molecule has 0 bridgehead atoms. The Kier molecular flexibility index (Phi) is 5.21. The van der Waals surface area contributed by atoms with Gasteiger partial charge in [-0.15, -0.1) is 0 Å². The van der Waals surface area contributed by atoms with E-state index in [4.69, 9.17) is 11.6 Å². The molecule has 2 rings (SSSR count). The largest absolute Gasteiger partial charge is 0.273 e. The third kappa shape index (κ3) is 4.39. The molecule has 112 valence electrons. The van der Waals surface area contributed by atoms with Crippen LogP contribution in [-0.2, 0) is 11.2 Å². The van der Waals surface area contributed by atoms with Crippen molar-refractivity contribution >= 4 is 29.4 Å². The monoisotopic (exact) mass is 317 g/mol. The van der Waals surface area contributed by atoms with Crippen LogP contribution in [0.3, 0.4) is 0 Å². The SMILES string of the molecule is O=C(Cc1ccc([N+](=O)[O-])cc1)NN=Cc1ccccc1Cl. The molecule has 0 aliphatic carbocycles. The van der Waals surface area contributed by atoms with Crippen molar-refractivity contribution in [3.63, 3.8) is 0 Å². The molecule has 0 atom stereocenters. The Morgan fingerprint density at radius 1 is 1.23 bits per heavy atom.